The van der Waals surface area contributed by atoms with Gasteiger partial charge >= 0.3 is 0 Å². The van der Waals surface area contributed by atoms with Crippen molar-refractivity contribution in [3.05, 3.63) is 59.0 Å². The third-order valence-corrected chi connectivity index (χ3v) is 3.44. The number of hydrogen-bond acceptors (Lipinski definition) is 3. The van der Waals surface area contributed by atoms with Gasteiger partial charge in [0.1, 0.15) is 5.15 Å². The second-order valence-corrected chi connectivity index (χ2v) is 5.06. The molecule has 106 valence electrons. The summed E-state index contributed by atoms with van der Waals surface area (Å²) in [5.74, 6) is -0.539. The fourth-order valence-corrected chi connectivity index (χ4v) is 2.34. The molecule has 0 spiro atoms. The van der Waals surface area contributed by atoms with Crippen LogP contribution >= 0.6 is 11.6 Å². The van der Waals surface area contributed by atoms with Gasteiger partial charge in [-0.1, -0.05) is 17.7 Å². The minimum absolute atomic E-state index is 0.309. The minimum Gasteiger partial charge on any atom is -0.380 e. The fourth-order valence-electron chi connectivity index (χ4n) is 2.18. The smallest absolute Gasteiger partial charge is 0.252 e. The highest BCUT2D eigenvalue weighted by atomic mass is 35.5. The molecule has 2 aromatic heterocycles. The number of aromatic nitrogens is 2. The van der Waals surface area contributed by atoms with Crippen LogP contribution in [0.4, 0.5) is 5.69 Å². The topological polar surface area (TPSA) is 83.8 Å². The third-order valence-electron chi connectivity index (χ3n) is 3.24. The molecule has 2 heterocycles. The van der Waals surface area contributed by atoms with Gasteiger partial charge in [-0.3, -0.25) is 4.79 Å². The number of anilines is 1. The van der Waals surface area contributed by atoms with Crippen LogP contribution in [0.3, 0.4) is 0 Å². The van der Waals surface area contributed by atoms with Crippen molar-refractivity contribution in [3.63, 3.8) is 0 Å². The average Bonchev–Trinajstić information content (AvgIpc) is 2.92. The van der Waals surface area contributed by atoms with Crippen molar-refractivity contribution >= 4 is 34.1 Å². The van der Waals surface area contributed by atoms with Gasteiger partial charge in [-0.15, -0.1) is 0 Å². The molecule has 0 aliphatic carbocycles. The molecule has 21 heavy (non-hydrogen) atoms. The van der Waals surface area contributed by atoms with E-state index < -0.39 is 5.91 Å². The van der Waals surface area contributed by atoms with Crippen LogP contribution in [0.25, 0.3) is 10.9 Å². The second-order valence-electron chi connectivity index (χ2n) is 4.67. The summed E-state index contributed by atoms with van der Waals surface area (Å²) in [4.78, 5) is 18.4. The zero-order valence-corrected chi connectivity index (χ0v) is 11.8. The number of halogens is 1. The molecule has 0 atom stereocenters. The molecule has 0 saturated heterocycles. The molecule has 0 unspecified atom stereocenters. The Kier molecular flexibility index (Phi) is 3.50. The summed E-state index contributed by atoms with van der Waals surface area (Å²) in [6.45, 7) is 0.557. The van der Waals surface area contributed by atoms with E-state index >= 15 is 0 Å². The molecule has 3 aromatic rings. The predicted octanol–water partition coefficient (Wildman–Crippen LogP) is 2.93. The molecule has 1 aromatic carbocycles. The number of aromatic amines is 1. The number of fused-ring (bicyclic) bond motifs is 1. The lowest BCUT2D eigenvalue weighted by Crippen LogP contribution is -2.15. The molecule has 3 rings (SSSR count). The Bertz CT molecular complexity index is 812. The zero-order valence-electron chi connectivity index (χ0n) is 11.1. The number of amides is 1. The number of carbonyl (C=O) groups excluding carboxylic acids is 1. The number of nitrogens with zero attached hydrogens (tertiary/aromatic N) is 1. The van der Waals surface area contributed by atoms with Gasteiger partial charge in [-0.25, -0.2) is 4.98 Å². The summed E-state index contributed by atoms with van der Waals surface area (Å²) in [5.41, 5.74) is 8.40. The molecule has 0 aliphatic rings. The Morgan fingerprint density at radius 1 is 1.33 bits per heavy atom. The standard InChI is InChI=1S/C15H13ClN4O/c16-14-6-13(11(8-20-14)15(17)21)19-7-9-1-2-12-10(5-9)3-4-18-12/h1-6,8,18H,7H2,(H2,17,21)(H,19,20). The maximum absolute atomic E-state index is 11.4. The first-order valence-corrected chi connectivity index (χ1v) is 6.76. The SMILES string of the molecule is NC(=O)c1cnc(Cl)cc1NCc1ccc2[nH]ccc2c1. The van der Waals surface area contributed by atoms with E-state index in [-0.39, 0.29) is 0 Å². The van der Waals surface area contributed by atoms with Gasteiger partial charge in [0.15, 0.2) is 0 Å². The fraction of sp³-hybridized carbons (Fsp3) is 0.0667. The van der Waals surface area contributed by atoms with Crippen molar-refractivity contribution in [1.29, 1.82) is 0 Å². The number of rotatable bonds is 4. The lowest BCUT2D eigenvalue weighted by atomic mass is 10.1. The van der Waals surface area contributed by atoms with Crippen LogP contribution in [-0.2, 0) is 6.54 Å². The van der Waals surface area contributed by atoms with Gasteiger partial charge in [-0.05, 0) is 35.2 Å². The first kappa shape index (κ1) is 13.5. The van der Waals surface area contributed by atoms with E-state index in [1.54, 1.807) is 6.07 Å². The van der Waals surface area contributed by atoms with E-state index in [9.17, 15) is 4.79 Å². The molecule has 0 radical (unpaired) electrons. The van der Waals surface area contributed by atoms with Crippen molar-refractivity contribution in [3.8, 4) is 0 Å². The highest BCUT2D eigenvalue weighted by Gasteiger charge is 2.09. The summed E-state index contributed by atoms with van der Waals surface area (Å²) < 4.78 is 0. The molecule has 0 saturated carbocycles. The highest BCUT2D eigenvalue weighted by molar-refractivity contribution is 6.29. The largest absolute Gasteiger partial charge is 0.380 e. The Hall–Kier alpha value is -2.53. The number of nitrogens with one attached hydrogen (secondary N) is 2. The molecule has 6 heteroatoms. The predicted molar refractivity (Wildman–Crippen MR) is 83.4 cm³/mol. The summed E-state index contributed by atoms with van der Waals surface area (Å²) in [6, 6.07) is 9.71. The summed E-state index contributed by atoms with van der Waals surface area (Å²) in [5, 5.41) is 4.62. The normalized spacial score (nSPS) is 10.7. The lowest BCUT2D eigenvalue weighted by molar-refractivity contribution is 0.100. The Morgan fingerprint density at radius 3 is 3.00 bits per heavy atom. The Labute approximate surface area is 126 Å². The molecule has 0 fully saturated rings. The first-order chi connectivity index (χ1) is 10.1. The molecule has 1 amide bonds. The molecule has 0 bridgehead atoms. The number of benzene rings is 1. The molecule has 0 aliphatic heterocycles. The van der Waals surface area contributed by atoms with Crippen LogP contribution < -0.4 is 11.1 Å². The number of carbonyl (C=O) groups is 1. The summed E-state index contributed by atoms with van der Waals surface area (Å²) >= 11 is 5.86. The van der Waals surface area contributed by atoms with Crippen LogP contribution in [0.5, 0.6) is 0 Å². The van der Waals surface area contributed by atoms with Crippen LogP contribution in [0.1, 0.15) is 15.9 Å². The summed E-state index contributed by atoms with van der Waals surface area (Å²) in [6.07, 6.45) is 3.28. The maximum Gasteiger partial charge on any atom is 0.252 e. The van der Waals surface area contributed by atoms with Crippen molar-refractivity contribution in [1.82, 2.24) is 9.97 Å². The van der Waals surface area contributed by atoms with E-state index in [1.165, 1.54) is 6.20 Å². The number of nitrogens with two attached hydrogens (primary N) is 1. The molecular formula is C15H13ClN4O. The number of pyridine rings is 1. The van der Waals surface area contributed by atoms with Crippen molar-refractivity contribution < 1.29 is 4.79 Å². The molecule has 5 nitrogen and oxygen atoms in total. The third kappa shape index (κ3) is 2.83. The van der Waals surface area contributed by atoms with Crippen molar-refractivity contribution in [2.45, 2.75) is 6.54 Å². The Morgan fingerprint density at radius 2 is 2.19 bits per heavy atom. The highest BCUT2D eigenvalue weighted by Crippen LogP contribution is 2.20. The van der Waals surface area contributed by atoms with E-state index in [0.717, 1.165) is 16.5 Å². The zero-order chi connectivity index (χ0) is 14.8. The molecule has 4 N–H and O–H groups in total. The van der Waals surface area contributed by atoms with E-state index in [4.69, 9.17) is 17.3 Å². The van der Waals surface area contributed by atoms with Crippen LogP contribution in [0, 0.1) is 0 Å². The number of H-pyrrole nitrogens is 1. The van der Waals surface area contributed by atoms with E-state index in [1.807, 2.05) is 24.4 Å². The summed E-state index contributed by atoms with van der Waals surface area (Å²) in [7, 11) is 0. The maximum atomic E-state index is 11.4. The first-order valence-electron chi connectivity index (χ1n) is 6.39. The van der Waals surface area contributed by atoms with E-state index in [2.05, 4.69) is 21.4 Å². The number of hydrogen-bond donors (Lipinski definition) is 3. The van der Waals surface area contributed by atoms with Gasteiger partial charge in [-0.2, -0.15) is 0 Å². The second kappa shape index (κ2) is 5.46. The quantitative estimate of drug-likeness (QED) is 0.648. The van der Waals surface area contributed by atoms with E-state index in [0.29, 0.717) is 22.9 Å². The lowest BCUT2D eigenvalue weighted by Gasteiger charge is -2.10. The van der Waals surface area contributed by atoms with Gasteiger partial charge in [0, 0.05) is 24.5 Å². The molecular weight excluding hydrogens is 288 g/mol. The van der Waals surface area contributed by atoms with Crippen LogP contribution in [-0.4, -0.2) is 15.9 Å². The Balaban J connectivity index is 1.83. The van der Waals surface area contributed by atoms with Gasteiger partial charge in [0.25, 0.3) is 5.91 Å². The van der Waals surface area contributed by atoms with Crippen molar-refractivity contribution in [2.75, 3.05) is 5.32 Å². The monoisotopic (exact) mass is 300 g/mol. The van der Waals surface area contributed by atoms with Gasteiger partial charge in [0.05, 0.1) is 11.3 Å². The average molecular weight is 301 g/mol. The van der Waals surface area contributed by atoms with Gasteiger partial charge in [0.2, 0.25) is 0 Å². The van der Waals surface area contributed by atoms with Crippen LogP contribution in [0.2, 0.25) is 5.15 Å². The minimum atomic E-state index is -0.539. The van der Waals surface area contributed by atoms with Gasteiger partial charge < -0.3 is 16.0 Å². The van der Waals surface area contributed by atoms with Crippen LogP contribution in [0.15, 0.2) is 42.7 Å². The number of primary amides is 1. The van der Waals surface area contributed by atoms with Crippen molar-refractivity contribution in [2.24, 2.45) is 5.73 Å².